The van der Waals surface area contributed by atoms with Gasteiger partial charge in [0.05, 0.1) is 10.9 Å². The van der Waals surface area contributed by atoms with Crippen LogP contribution in [-0.4, -0.2) is 17.4 Å². The third-order valence-electron chi connectivity index (χ3n) is 3.66. The second-order valence-corrected chi connectivity index (χ2v) is 5.54. The van der Waals surface area contributed by atoms with Crippen molar-refractivity contribution in [2.24, 2.45) is 17.6 Å². The van der Waals surface area contributed by atoms with Gasteiger partial charge in [-0.2, -0.15) is 0 Å². The van der Waals surface area contributed by atoms with Crippen LogP contribution in [0.2, 0.25) is 0 Å². The molecule has 1 aromatic carbocycles. The summed E-state index contributed by atoms with van der Waals surface area (Å²) in [6, 6.07) is 9.83. The van der Waals surface area contributed by atoms with Crippen LogP contribution in [0, 0.1) is 11.8 Å². The topological polar surface area (TPSA) is 55.1 Å². The van der Waals surface area contributed by atoms with Gasteiger partial charge in [0.2, 0.25) is 5.91 Å². The lowest BCUT2D eigenvalue weighted by molar-refractivity contribution is -0.123. The first kappa shape index (κ1) is 16.6. The Balaban J connectivity index is 2.62. The molecule has 1 amide bonds. The lowest BCUT2D eigenvalue weighted by atomic mass is 9.97. The average Bonchev–Trinajstić information content (AvgIpc) is 2.46. The maximum atomic E-state index is 12.2. The molecule has 0 aliphatic heterocycles. The van der Waals surface area contributed by atoms with Crippen LogP contribution in [-0.2, 0) is 11.2 Å². The molecule has 0 heterocycles. The van der Waals surface area contributed by atoms with Gasteiger partial charge in [-0.3, -0.25) is 4.79 Å². The summed E-state index contributed by atoms with van der Waals surface area (Å²) in [6.07, 6.45) is 2.69. The molecule has 110 valence electrons. The van der Waals surface area contributed by atoms with Crippen molar-refractivity contribution in [2.75, 3.05) is 6.54 Å². The van der Waals surface area contributed by atoms with Gasteiger partial charge >= 0.3 is 0 Å². The SMILES string of the molecule is CCC(CC)CNC(=O)C(Cc1ccccc1)C(N)=S. The minimum Gasteiger partial charge on any atom is -0.393 e. The zero-order chi connectivity index (χ0) is 15.0. The standard InChI is InChI=1S/C16H24N2OS/c1-3-12(4-2)11-18-16(19)14(15(17)20)10-13-8-6-5-7-9-13/h5-9,12,14H,3-4,10-11H2,1-2H3,(H2,17,20)(H,18,19). The number of nitrogens with one attached hydrogen (secondary N) is 1. The zero-order valence-corrected chi connectivity index (χ0v) is 13.1. The first-order chi connectivity index (χ1) is 9.58. The Morgan fingerprint density at radius 2 is 1.85 bits per heavy atom. The smallest absolute Gasteiger partial charge is 0.230 e. The van der Waals surface area contributed by atoms with Crippen LogP contribution in [0.25, 0.3) is 0 Å². The fourth-order valence-electron chi connectivity index (χ4n) is 2.12. The molecular formula is C16H24N2OS. The molecule has 1 rings (SSSR count). The number of carbonyl (C=O) groups is 1. The van der Waals surface area contributed by atoms with E-state index in [0.29, 0.717) is 18.9 Å². The van der Waals surface area contributed by atoms with Crippen LogP contribution in [0.1, 0.15) is 32.3 Å². The van der Waals surface area contributed by atoms with Gasteiger partial charge in [-0.1, -0.05) is 69.2 Å². The molecule has 0 saturated heterocycles. The first-order valence-corrected chi connectivity index (χ1v) is 7.60. The van der Waals surface area contributed by atoms with E-state index >= 15 is 0 Å². The molecule has 3 nitrogen and oxygen atoms in total. The number of hydrogen-bond donors (Lipinski definition) is 2. The molecule has 0 saturated carbocycles. The fraction of sp³-hybridized carbons (Fsp3) is 0.500. The molecule has 1 aromatic rings. The van der Waals surface area contributed by atoms with Crippen LogP contribution < -0.4 is 11.1 Å². The summed E-state index contributed by atoms with van der Waals surface area (Å²) in [7, 11) is 0. The van der Waals surface area contributed by atoms with Crippen molar-refractivity contribution < 1.29 is 4.79 Å². The lowest BCUT2D eigenvalue weighted by Crippen LogP contribution is -2.40. The molecule has 0 bridgehead atoms. The minimum atomic E-state index is -0.429. The van der Waals surface area contributed by atoms with Gasteiger partial charge < -0.3 is 11.1 Å². The fourth-order valence-corrected chi connectivity index (χ4v) is 2.31. The summed E-state index contributed by atoms with van der Waals surface area (Å²) in [5, 5.41) is 2.98. The Morgan fingerprint density at radius 3 is 2.35 bits per heavy atom. The highest BCUT2D eigenvalue weighted by Gasteiger charge is 2.22. The summed E-state index contributed by atoms with van der Waals surface area (Å²) in [5.41, 5.74) is 6.80. The molecule has 3 N–H and O–H groups in total. The van der Waals surface area contributed by atoms with Gasteiger partial charge in [0.15, 0.2) is 0 Å². The van der Waals surface area contributed by atoms with Crippen LogP contribution in [0.3, 0.4) is 0 Å². The summed E-state index contributed by atoms with van der Waals surface area (Å²) >= 11 is 5.05. The maximum Gasteiger partial charge on any atom is 0.230 e. The Labute approximate surface area is 126 Å². The molecule has 20 heavy (non-hydrogen) atoms. The van der Waals surface area contributed by atoms with Crippen molar-refractivity contribution >= 4 is 23.1 Å². The van der Waals surface area contributed by atoms with E-state index in [2.05, 4.69) is 19.2 Å². The van der Waals surface area contributed by atoms with Crippen molar-refractivity contribution in [3.8, 4) is 0 Å². The lowest BCUT2D eigenvalue weighted by Gasteiger charge is -2.18. The highest BCUT2D eigenvalue weighted by Crippen LogP contribution is 2.11. The van der Waals surface area contributed by atoms with Crippen molar-refractivity contribution in [3.05, 3.63) is 35.9 Å². The van der Waals surface area contributed by atoms with Crippen molar-refractivity contribution in [1.29, 1.82) is 0 Å². The van der Waals surface area contributed by atoms with Crippen molar-refractivity contribution in [1.82, 2.24) is 5.32 Å². The molecule has 0 aliphatic carbocycles. The van der Waals surface area contributed by atoms with E-state index < -0.39 is 5.92 Å². The average molecular weight is 292 g/mol. The van der Waals surface area contributed by atoms with Gasteiger partial charge in [0.25, 0.3) is 0 Å². The Kier molecular flexibility index (Phi) is 7.23. The first-order valence-electron chi connectivity index (χ1n) is 7.19. The summed E-state index contributed by atoms with van der Waals surface area (Å²) in [5.74, 6) is 0.0256. The van der Waals surface area contributed by atoms with E-state index in [4.69, 9.17) is 18.0 Å². The van der Waals surface area contributed by atoms with E-state index in [1.807, 2.05) is 30.3 Å². The highest BCUT2D eigenvalue weighted by molar-refractivity contribution is 7.80. The predicted octanol–water partition coefficient (Wildman–Crippen LogP) is 2.68. The number of amides is 1. The monoisotopic (exact) mass is 292 g/mol. The van der Waals surface area contributed by atoms with Gasteiger partial charge in [-0.25, -0.2) is 0 Å². The van der Waals surface area contributed by atoms with E-state index in [-0.39, 0.29) is 10.9 Å². The summed E-state index contributed by atoms with van der Waals surface area (Å²) in [6.45, 7) is 4.96. The second-order valence-electron chi connectivity index (χ2n) is 5.07. The number of nitrogens with two attached hydrogens (primary N) is 1. The predicted molar refractivity (Wildman–Crippen MR) is 87.5 cm³/mol. The summed E-state index contributed by atoms with van der Waals surface area (Å²) in [4.78, 5) is 12.5. The van der Waals surface area contributed by atoms with Crippen molar-refractivity contribution in [3.63, 3.8) is 0 Å². The molecule has 0 radical (unpaired) electrons. The molecule has 0 aliphatic rings. The van der Waals surface area contributed by atoms with Crippen LogP contribution >= 0.6 is 12.2 Å². The largest absolute Gasteiger partial charge is 0.393 e. The molecule has 0 aromatic heterocycles. The minimum absolute atomic E-state index is 0.0618. The zero-order valence-electron chi connectivity index (χ0n) is 12.3. The van der Waals surface area contributed by atoms with E-state index in [1.165, 1.54) is 0 Å². The molecular weight excluding hydrogens is 268 g/mol. The Morgan fingerprint density at radius 1 is 1.25 bits per heavy atom. The summed E-state index contributed by atoms with van der Waals surface area (Å²) < 4.78 is 0. The third-order valence-corrected chi connectivity index (χ3v) is 3.95. The number of thiocarbonyl (C=S) groups is 1. The highest BCUT2D eigenvalue weighted by atomic mass is 32.1. The molecule has 0 fully saturated rings. The maximum absolute atomic E-state index is 12.2. The van der Waals surface area contributed by atoms with Crippen LogP contribution in [0.5, 0.6) is 0 Å². The van der Waals surface area contributed by atoms with Crippen LogP contribution in [0.4, 0.5) is 0 Å². The molecule has 0 spiro atoms. The van der Waals surface area contributed by atoms with Crippen LogP contribution in [0.15, 0.2) is 30.3 Å². The van der Waals surface area contributed by atoms with E-state index in [0.717, 1.165) is 18.4 Å². The normalized spacial score (nSPS) is 12.2. The second kappa shape index (κ2) is 8.69. The number of rotatable bonds is 8. The number of hydrogen-bond acceptors (Lipinski definition) is 2. The van der Waals surface area contributed by atoms with Gasteiger partial charge in [-0.15, -0.1) is 0 Å². The van der Waals surface area contributed by atoms with Crippen molar-refractivity contribution in [2.45, 2.75) is 33.1 Å². The van der Waals surface area contributed by atoms with Gasteiger partial charge in [0.1, 0.15) is 0 Å². The van der Waals surface area contributed by atoms with E-state index in [1.54, 1.807) is 0 Å². The quantitative estimate of drug-likeness (QED) is 0.724. The Bertz CT molecular complexity index is 429. The van der Waals surface area contributed by atoms with Gasteiger partial charge in [-0.05, 0) is 17.9 Å². The van der Waals surface area contributed by atoms with Gasteiger partial charge in [0, 0.05) is 6.54 Å². The Hall–Kier alpha value is -1.42. The van der Waals surface area contributed by atoms with E-state index in [9.17, 15) is 4.79 Å². The molecule has 1 unspecified atom stereocenters. The molecule has 1 atom stereocenters. The number of carbonyl (C=O) groups excluding carboxylic acids is 1. The third kappa shape index (κ3) is 5.29. The molecule has 4 heteroatoms. The number of benzene rings is 1.